The lowest BCUT2D eigenvalue weighted by molar-refractivity contribution is -0.139. The van der Waals surface area contributed by atoms with Crippen molar-refractivity contribution < 1.29 is 9.53 Å². The van der Waals surface area contributed by atoms with E-state index in [0.717, 1.165) is 24.8 Å². The van der Waals surface area contributed by atoms with E-state index in [9.17, 15) is 4.79 Å². The summed E-state index contributed by atoms with van der Waals surface area (Å²) >= 11 is 3.54. The Morgan fingerprint density at radius 3 is 2.61 bits per heavy atom. The lowest BCUT2D eigenvalue weighted by atomic mass is 9.87. The quantitative estimate of drug-likeness (QED) is 0.733. The smallest absolute Gasteiger partial charge is 0.228 e. The van der Waals surface area contributed by atoms with Crippen molar-refractivity contribution in [1.82, 2.24) is 4.90 Å². The second kappa shape index (κ2) is 5.91. The van der Waals surface area contributed by atoms with E-state index in [-0.39, 0.29) is 18.1 Å². The number of amides is 1. The maximum atomic E-state index is 12.7. The van der Waals surface area contributed by atoms with Gasteiger partial charge in [-0.05, 0) is 38.5 Å². The monoisotopic (exact) mass is 317 g/mol. The number of carbonyl (C=O) groups excluding carboxylic acids is 1. The predicted molar refractivity (Wildman–Crippen MR) is 75.8 cm³/mol. The van der Waals surface area contributed by atoms with E-state index in [1.165, 1.54) is 6.42 Å². The van der Waals surface area contributed by atoms with Gasteiger partial charge in [0.05, 0.1) is 18.1 Å². The number of carbonyl (C=O) groups is 1. The molecule has 0 bridgehead atoms. The van der Waals surface area contributed by atoms with Crippen molar-refractivity contribution in [3.05, 3.63) is 0 Å². The zero-order valence-corrected chi connectivity index (χ0v) is 13.1. The SMILES string of the molecule is CC1OC(C)C(C(=O)N2CCCC(CBr)C2)C1C. The van der Waals surface area contributed by atoms with Crippen LogP contribution in [0.5, 0.6) is 0 Å². The van der Waals surface area contributed by atoms with Crippen molar-refractivity contribution in [2.75, 3.05) is 18.4 Å². The van der Waals surface area contributed by atoms with E-state index in [1.807, 2.05) is 6.92 Å². The Labute approximate surface area is 118 Å². The summed E-state index contributed by atoms with van der Waals surface area (Å²) in [5.41, 5.74) is 0. The summed E-state index contributed by atoms with van der Waals surface area (Å²) < 4.78 is 5.79. The van der Waals surface area contributed by atoms with Crippen LogP contribution in [-0.2, 0) is 9.53 Å². The average Bonchev–Trinajstić information content (AvgIpc) is 2.62. The summed E-state index contributed by atoms with van der Waals surface area (Å²) in [4.78, 5) is 14.7. The van der Waals surface area contributed by atoms with E-state index in [4.69, 9.17) is 4.74 Å². The first-order valence-electron chi connectivity index (χ1n) is 7.04. The van der Waals surface area contributed by atoms with E-state index in [1.54, 1.807) is 0 Å². The molecule has 1 amide bonds. The van der Waals surface area contributed by atoms with Crippen molar-refractivity contribution in [3.63, 3.8) is 0 Å². The highest BCUT2D eigenvalue weighted by atomic mass is 79.9. The van der Waals surface area contributed by atoms with Gasteiger partial charge in [-0.15, -0.1) is 0 Å². The van der Waals surface area contributed by atoms with Crippen LogP contribution in [0.3, 0.4) is 0 Å². The predicted octanol–water partition coefficient (Wildman–Crippen LogP) is 2.68. The molecule has 0 aromatic rings. The standard InChI is InChI=1S/C14H24BrNO2/c1-9-10(2)18-11(3)13(9)14(17)16-6-4-5-12(7-15)8-16/h9-13H,4-8H2,1-3H3. The molecule has 5 atom stereocenters. The minimum Gasteiger partial charge on any atom is -0.374 e. The number of likely N-dealkylation sites (tertiary alicyclic amines) is 1. The van der Waals surface area contributed by atoms with Crippen LogP contribution in [0.15, 0.2) is 0 Å². The number of rotatable bonds is 2. The maximum absolute atomic E-state index is 12.7. The van der Waals surface area contributed by atoms with Gasteiger partial charge in [-0.3, -0.25) is 4.79 Å². The Balaban J connectivity index is 2.02. The minimum absolute atomic E-state index is 0.0501. The third-order valence-corrected chi connectivity index (χ3v) is 5.49. The van der Waals surface area contributed by atoms with Crippen LogP contribution in [0.2, 0.25) is 0 Å². The fraction of sp³-hybridized carbons (Fsp3) is 0.929. The van der Waals surface area contributed by atoms with Gasteiger partial charge in [0.25, 0.3) is 0 Å². The van der Waals surface area contributed by atoms with Crippen LogP contribution in [0, 0.1) is 17.8 Å². The van der Waals surface area contributed by atoms with E-state index in [0.29, 0.717) is 17.7 Å². The molecule has 0 N–H and O–H groups in total. The zero-order valence-electron chi connectivity index (χ0n) is 11.6. The topological polar surface area (TPSA) is 29.5 Å². The van der Waals surface area contributed by atoms with Crippen LogP contribution >= 0.6 is 15.9 Å². The maximum Gasteiger partial charge on any atom is 0.228 e. The normalized spacial score (nSPS) is 41.1. The molecule has 0 aromatic carbocycles. The summed E-state index contributed by atoms with van der Waals surface area (Å²) in [7, 11) is 0. The third kappa shape index (κ3) is 2.74. The summed E-state index contributed by atoms with van der Waals surface area (Å²) in [6.07, 6.45) is 2.63. The Kier molecular flexibility index (Phi) is 4.70. The molecule has 2 fully saturated rings. The highest BCUT2D eigenvalue weighted by molar-refractivity contribution is 9.09. The van der Waals surface area contributed by atoms with Gasteiger partial charge < -0.3 is 9.64 Å². The molecule has 18 heavy (non-hydrogen) atoms. The van der Waals surface area contributed by atoms with Crippen molar-refractivity contribution in [3.8, 4) is 0 Å². The van der Waals surface area contributed by atoms with Crippen LogP contribution in [-0.4, -0.2) is 41.4 Å². The van der Waals surface area contributed by atoms with Crippen molar-refractivity contribution in [2.45, 2.75) is 45.8 Å². The van der Waals surface area contributed by atoms with Crippen LogP contribution in [0.1, 0.15) is 33.6 Å². The van der Waals surface area contributed by atoms with Gasteiger partial charge in [-0.25, -0.2) is 0 Å². The zero-order chi connectivity index (χ0) is 13.3. The third-order valence-electron chi connectivity index (χ3n) is 4.58. The van der Waals surface area contributed by atoms with Crippen molar-refractivity contribution in [1.29, 1.82) is 0 Å². The molecule has 2 aliphatic rings. The van der Waals surface area contributed by atoms with Gasteiger partial charge in [0, 0.05) is 18.4 Å². The summed E-state index contributed by atoms with van der Waals surface area (Å²) in [5, 5.41) is 0.999. The van der Waals surface area contributed by atoms with E-state index >= 15 is 0 Å². The second-order valence-corrected chi connectivity index (χ2v) is 6.53. The number of ether oxygens (including phenoxy) is 1. The molecule has 2 saturated heterocycles. The molecule has 2 aliphatic heterocycles. The molecule has 3 nitrogen and oxygen atoms in total. The summed E-state index contributed by atoms with van der Waals surface area (Å²) in [6, 6.07) is 0. The average molecular weight is 318 g/mol. The molecule has 2 heterocycles. The summed E-state index contributed by atoms with van der Waals surface area (Å²) in [6.45, 7) is 8.09. The first-order chi connectivity index (χ1) is 8.54. The summed E-state index contributed by atoms with van der Waals surface area (Å²) in [5.74, 6) is 1.31. The highest BCUT2D eigenvalue weighted by Gasteiger charge is 2.43. The Bertz CT molecular complexity index is 310. The lowest BCUT2D eigenvalue weighted by Gasteiger charge is -2.35. The number of hydrogen-bond acceptors (Lipinski definition) is 2. The molecule has 0 radical (unpaired) electrons. The second-order valence-electron chi connectivity index (χ2n) is 5.88. The lowest BCUT2D eigenvalue weighted by Crippen LogP contribution is -2.46. The molecule has 2 rings (SSSR count). The van der Waals surface area contributed by atoms with Crippen LogP contribution in [0.4, 0.5) is 0 Å². The van der Waals surface area contributed by atoms with E-state index < -0.39 is 0 Å². The molecule has 0 saturated carbocycles. The molecule has 0 aromatic heterocycles. The van der Waals surface area contributed by atoms with Crippen molar-refractivity contribution >= 4 is 21.8 Å². The Morgan fingerprint density at radius 1 is 1.33 bits per heavy atom. The van der Waals surface area contributed by atoms with Gasteiger partial charge in [0.15, 0.2) is 0 Å². The largest absolute Gasteiger partial charge is 0.374 e. The van der Waals surface area contributed by atoms with Crippen LogP contribution < -0.4 is 0 Å². The minimum atomic E-state index is 0.0501. The molecule has 104 valence electrons. The first kappa shape index (κ1) is 14.3. The number of piperidine rings is 1. The fourth-order valence-corrected chi connectivity index (χ4v) is 3.82. The van der Waals surface area contributed by atoms with Gasteiger partial charge in [-0.2, -0.15) is 0 Å². The molecular weight excluding hydrogens is 294 g/mol. The van der Waals surface area contributed by atoms with Gasteiger partial charge in [0.1, 0.15) is 0 Å². The van der Waals surface area contributed by atoms with E-state index in [2.05, 4.69) is 34.7 Å². The fourth-order valence-electron chi connectivity index (χ4n) is 3.29. The first-order valence-corrected chi connectivity index (χ1v) is 8.17. The molecule has 0 spiro atoms. The molecule has 5 unspecified atom stereocenters. The molecular formula is C14H24BrNO2. The Morgan fingerprint density at radius 2 is 2.06 bits per heavy atom. The van der Waals surface area contributed by atoms with Crippen LogP contribution in [0.25, 0.3) is 0 Å². The Hall–Kier alpha value is -0.0900. The van der Waals surface area contributed by atoms with Gasteiger partial charge >= 0.3 is 0 Å². The van der Waals surface area contributed by atoms with Crippen molar-refractivity contribution in [2.24, 2.45) is 17.8 Å². The number of nitrogens with zero attached hydrogens (tertiary/aromatic N) is 1. The molecule has 0 aliphatic carbocycles. The van der Waals surface area contributed by atoms with Gasteiger partial charge in [0.2, 0.25) is 5.91 Å². The number of hydrogen-bond donors (Lipinski definition) is 0. The number of halogens is 1. The molecule has 4 heteroatoms. The number of alkyl halides is 1. The highest BCUT2D eigenvalue weighted by Crippen LogP contribution is 2.34. The van der Waals surface area contributed by atoms with Gasteiger partial charge in [-0.1, -0.05) is 22.9 Å².